The quantitative estimate of drug-likeness (QED) is 0.255. The first-order valence-corrected chi connectivity index (χ1v) is 7.54. The number of aryl methyl sites for hydroxylation is 1. The summed E-state index contributed by atoms with van der Waals surface area (Å²) in [6.45, 7) is 2.79. The number of hydrogen-bond acceptors (Lipinski definition) is 2. The highest BCUT2D eigenvalue weighted by atomic mass is 127. The molecule has 0 unspecified atom stereocenters. The number of benzene rings is 2. The van der Waals surface area contributed by atoms with Crippen LogP contribution in [0.1, 0.15) is 5.56 Å². The van der Waals surface area contributed by atoms with Gasteiger partial charge in [0.15, 0.2) is 5.96 Å². The van der Waals surface area contributed by atoms with Crippen LogP contribution >= 0.6 is 35.7 Å². The number of nitrogens with one attached hydrogen (secondary N) is 1. The molecule has 3 nitrogen and oxygen atoms in total. The fraction of sp³-hybridized carbons (Fsp3) is 0.188. The summed E-state index contributed by atoms with van der Waals surface area (Å²) >= 11 is 1.79. The van der Waals surface area contributed by atoms with Crippen LogP contribution in [0.3, 0.4) is 0 Å². The van der Waals surface area contributed by atoms with E-state index in [0.717, 1.165) is 11.4 Å². The summed E-state index contributed by atoms with van der Waals surface area (Å²) in [7, 11) is 0. The molecule has 0 heterocycles. The van der Waals surface area contributed by atoms with Crippen molar-refractivity contribution in [3.8, 4) is 0 Å². The number of halogens is 1. The van der Waals surface area contributed by atoms with Crippen molar-refractivity contribution in [2.24, 2.45) is 10.7 Å². The molecule has 112 valence electrons. The van der Waals surface area contributed by atoms with Gasteiger partial charge in [0.1, 0.15) is 0 Å². The summed E-state index contributed by atoms with van der Waals surface area (Å²) in [6.07, 6.45) is 0. The molecule has 2 aromatic carbocycles. The summed E-state index contributed by atoms with van der Waals surface area (Å²) in [6, 6.07) is 18.3. The maximum atomic E-state index is 5.83. The molecule has 0 aliphatic rings. The highest BCUT2D eigenvalue weighted by Gasteiger charge is 1.95. The lowest BCUT2D eigenvalue weighted by Gasteiger charge is -2.05. The van der Waals surface area contributed by atoms with Crippen molar-refractivity contribution < 1.29 is 0 Å². The van der Waals surface area contributed by atoms with Gasteiger partial charge in [-0.3, -0.25) is 4.99 Å². The number of guanidine groups is 1. The second-order valence-corrected chi connectivity index (χ2v) is 5.59. The van der Waals surface area contributed by atoms with Crippen molar-refractivity contribution in [2.45, 2.75) is 11.8 Å². The summed E-state index contributed by atoms with van der Waals surface area (Å²) in [5, 5.41) is 3.07. The van der Waals surface area contributed by atoms with Crippen molar-refractivity contribution in [3.63, 3.8) is 0 Å². The first-order valence-electron chi connectivity index (χ1n) is 6.55. The van der Waals surface area contributed by atoms with Crippen LogP contribution in [-0.4, -0.2) is 18.3 Å². The van der Waals surface area contributed by atoms with Crippen LogP contribution in [0, 0.1) is 6.92 Å². The topological polar surface area (TPSA) is 50.4 Å². The normalized spacial score (nSPS) is 10.8. The number of nitrogens with zero attached hydrogens (tertiary/aromatic N) is 1. The monoisotopic (exact) mass is 413 g/mol. The van der Waals surface area contributed by atoms with Crippen molar-refractivity contribution >= 4 is 47.4 Å². The summed E-state index contributed by atoms with van der Waals surface area (Å²) in [5.41, 5.74) is 8.07. The Balaban J connectivity index is 0.00000220. The first-order chi connectivity index (χ1) is 9.74. The van der Waals surface area contributed by atoms with E-state index in [1.54, 1.807) is 11.8 Å². The third kappa shape index (κ3) is 6.86. The molecule has 0 bridgehead atoms. The lowest BCUT2D eigenvalue weighted by atomic mass is 10.2. The Hall–Kier alpha value is -1.21. The minimum Gasteiger partial charge on any atom is -0.370 e. The molecular weight excluding hydrogens is 393 g/mol. The number of anilines is 1. The van der Waals surface area contributed by atoms with E-state index in [0.29, 0.717) is 12.5 Å². The van der Waals surface area contributed by atoms with Gasteiger partial charge in [-0.05, 0) is 31.2 Å². The van der Waals surface area contributed by atoms with Crippen LogP contribution in [0.25, 0.3) is 0 Å². The molecule has 0 aliphatic carbocycles. The van der Waals surface area contributed by atoms with Crippen LogP contribution in [0.4, 0.5) is 5.69 Å². The third-order valence-electron chi connectivity index (χ3n) is 2.71. The molecule has 0 aromatic heterocycles. The van der Waals surface area contributed by atoms with E-state index in [-0.39, 0.29) is 24.0 Å². The molecule has 0 fully saturated rings. The molecule has 0 aliphatic heterocycles. The van der Waals surface area contributed by atoms with Crippen LogP contribution < -0.4 is 11.1 Å². The molecule has 0 saturated carbocycles. The van der Waals surface area contributed by atoms with Gasteiger partial charge in [-0.15, -0.1) is 35.7 Å². The lowest BCUT2D eigenvalue weighted by molar-refractivity contribution is 1.13. The van der Waals surface area contributed by atoms with Gasteiger partial charge in [-0.1, -0.05) is 35.9 Å². The second-order valence-electron chi connectivity index (χ2n) is 4.42. The molecule has 2 rings (SSSR count). The molecule has 21 heavy (non-hydrogen) atoms. The minimum absolute atomic E-state index is 0. The van der Waals surface area contributed by atoms with E-state index in [1.165, 1.54) is 10.5 Å². The molecule has 0 spiro atoms. The molecule has 0 radical (unpaired) electrons. The Morgan fingerprint density at radius 3 is 2.43 bits per heavy atom. The largest absolute Gasteiger partial charge is 0.370 e. The predicted octanol–water partition coefficient (Wildman–Crippen LogP) is 4.13. The van der Waals surface area contributed by atoms with Gasteiger partial charge in [0.05, 0.1) is 6.54 Å². The summed E-state index contributed by atoms with van der Waals surface area (Å²) < 4.78 is 0. The molecule has 3 N–H and O–H groups in total. The Bertz CT molecular complexity index is 555. The van der Waals surface area contributed by atoms with Gasteiger partial charge in [0.2, 0.25) is 0 Å². The van der Waals surface area contributed by atoms with Gasteiger partial charge in [0.25, 0.3) is 0 Å². The van der Waals surface area contributed by atoms with E-state index in [9.17, 15) is 0 Å². The highest BCUT2D eigenvalue weighted by molar-refractivity contribution is 14.0. The Morgan fingerprint density at radius 1 is 1.10 bits per heavy atom. The van der Waals surface area contributed by atoms with E-state index < -0.39 is 0 Å². The van der Waals surface area contributed by atoms with Crippen molar-refractivity contribution in [2.75, 3.05) is 17.6 Å². The van der Waals surface area contributed by atoms with Crippen molar-refractivity contribution in [1.29, 1.82) is 0 Å². The zero-order chi connectivity index (χ0) is 14.2. The zero-order valence-corrected chi connectivity index (χ0v) is 15.1. The van der Waals surface area contributed by atoms with Crippen LogP contribution in [-0.2, 0) is 0 Å². The zero-order valence-electron chi connectivity index (χ0n) is 12.0. The van der Waals surface area contributed by atoms with E-state index in [4.69, 9.17) is 5.73 Å². The van der Waals surface area contributed by atoms with E-state index in [2.05, 4.69) is 41.5 Å². The molecule has 0 atom stereocenters. The van der Waals surface area contributed by atoms with Crippen molar-refractivity contribution in [3.05, 3.63) is 60.2 Å². The number of hydrogen-bond donors (Lipinski definition) is 2. The van der Waals surface area contributed by atoms with Gasteiger partial charge in [0, 0.05) is 16.3 Å². The van der Waals surface area contributed by atoms with Gasteiger partial charge in [-0.2, -0.15) is 0 Å². The minimum atomic E-state index is 0. The molecular formula is C16H20IN3S. The molecule has 2 aromatic rings. The average molecular weight is 413 g/mol. The first kappa shape index (κ1) is 17.8. The number of nitrogens with two attached hydrogens (primary N) is 1. The number of rotatable bonds is 5. The summed E-state index contributed by atoms with van der Waals surface area (Å²) in [5.74, 6) is 1.38. The second kappa shape index (κ2) is 9.68. The maximum absolute atomic E-state index is 5.83. The Kier molecular flexibility index (Phi) is 8.22. The predicted molar refractivity (Wildman–Crippen MR) is 104 cm³/mol. The van der Waals surface area contributed by atoms with Crippen LogP contribution in [0.2, 0.25) is 0 Å². The fourth-order valence-corrected chi connectivity index (χ4v) is 2.42. The van der Waals surface area contributed by atoms with E-state index >= 15 is 0 Å². The highest BCUT2D eigenvalue weighted by Crippen LogP contribution is 2.17. The maximum Gasteiger partial charge on any atom is 0.193 e. The molecule has 0 saturated heterocycles. The standard InChI is InChI=1S/C16H19N3S.HI/c1-13-7-9-15(10-8-13)20-12-11-18-16(17)19-14-5-3-2-4-6-14;/h2-10H,11-12H2,1H3,(H3,17,18,19);1H. The number of para-hydroxylation sites is 1. The summed E-state index contributed by atoms with van der Waals surface area (Å²) in [4.78, 5) is 5.58. The van der Waals surface area contributed by atoms with E-state index in [1.807, 2.05) is 30.3 Å². The molecule has 5 heteroatoms. The SMILES string of the molecule is Cc1ccc(SCCN=C(N)Nc2ccccc2)cc1.I. The smallest absolute Gasteiger partial charge is 0.193 e. The average Bonchev–Trinajstić information content (AvgIpc) is 2.46. The van der Waals surface area contributed by atoms with Gasteiger partial charge in [-0.25, -0.2) is 0 Å². The van der Waals surface area contributed by atoms with Crippen molar-refractivity contribution in [1.82, 2.24) is 0 Å². The number of thioether (sulfide) groups is 1. The fourth-order valence-electron chi connectivity index (χ4n) is 1.67. The lowest BCUT2D eigenvalue weighted by Crippen LogP contribution is -2.22. The third-order valence-corrected chi connectivity index (χ3v) is 3.70. The Morgan fingerprint density at radius 2 is 1.76 bits per heavy atom. The van der Waals surface area contributed by atoms with Crippen LogP contribution in [0.5, 0.6) is 0 Å². The number of aliphatic imine (C=N–C) groups is 1. The Labute approximate surface area is 147 Å². The van der Waals surface area contributed by atoms with Gasteiger partial charge >= 0.3 is 0 Å². The van der Waals surface area contributed by atoms with Crippen LogP contribution in [0.15, 0.2) is 64.5 Å². The molecule has 0 amide bonds. The van der Waals surface area contributed by atoms with Gasteiger partial charge < -0.3 is 11.1 Å².